The zero-order valence-electron chi connectivity index (χ0n) is 8.88. The van der Waals surface area contributed by atoms with E-state index in [-0.39, 0.29) is 5.56 Å². The average molecular weight is 252 g/mol. The fraction of sp³-hybridized carbons (Fsp3) is 0.111. The van der Waals surface area contributed by atoms with Crippen LogP contribution in [0.1, 0.15) is 17.3 Å². The van der Waals surface area contributed by atoms with Crippen molar-refractivity contribution in [3.8, 4) is 0 Å². The summed E-state index contributed by atoms with van der Waals surface area (Å²) in [6.07, 6.45) is 0. The van der Waals surface area contributed by atoms with E-state index in [4.69, 9.17) is 4.55 Å². The molecular formula is C9H9NaO5S. The van der Waals surface area contributed by atoms with E-state index in [2.05, 4.69) is 0 Å². The van der Waals surface area contributed by atoms with Crippen molar-refractivity contribution in [1.29, 1.82) is 0 Å². The first kappa shape index (κ1) is 15.5. The number of rotatable bonds is 1. The van der Waals surface area contributed by atoms with Gasteiger partial charge in [0.05, 0.1) is 0 Å². The van der Waals surface area contributed by atoms with Gasteiger partial charge in [-0.05, 0) is 0 Å². The topological polar surface area (TPSA) is 88.5 Å². The molecule has 0 aliphatic carbocycles. The van der Waals surface area contributed by atoms with Crippen LogP contribution in [0.5, 0.6) is 0 Å². The normalized spacial score (nSPS) is 10.0. The van der Waals surface area contributed by atoms with Crippen molar-refractivity contribution in [3.05, 3.63) is 35.9 Å². The molecule has 0 heterocycles. The molecule has 0 amide bonds. The van der Waals surface area contributed by atoms with Crippen molar-refractivity contribution in [3.63, 3.8) is 0 Å². The van der Waals surface area contributed by atoms with Crippen molar-refractivity contribution in [2.75, 3.05) is 0 Å². The molecule has 1 aromatic rings. The maximum Gasteiger partial charge on any atom is 0.333 e. The van der Waals surface area contributed by atoms with E-state index in [0.29, 0.717) is 31.0 Å². The molecule has 1 rings (SSSR count). The zero-order valence-corrected chi connectivity index (χ0v) is 11.7. The number of benzene rings is 1. The molecule has 0 saturated heterocycles. The van der Waals surface area contributed by atoms with E-state index < -0.39 is 15.2 Å². The van der Waals surface area contributed by atoms with Crippen molar-refractivity contribution in [2.24, 2.45) is 0 Å². The Morgan fingerprint density at radius 1 is 1.19 bits per heavy atom. The third-order valence-electron chi connectivity index (χ3n) is 1.24. The first-order chi connectivity index (χ1) is 7.25. The molecule has 1 aromatic carbocycles. The van der Waals surface area contributed by atoms with Crippen LogP contribution in [0.4, 0.5) is 0 Å². The van der Waals surface area contributed by atoms with Crippen molar-refractivity contribution in [2.45, 2.75) is 6.92 Å². The molecule has 0 aliphatic heterocycles. The van der Waals surface area contributed by atoms with Crippen molar-refractivity contribution in [1.82, 2.24) is 0 Å². The quantitative estimate of drug-likeness (QED) is 0.578. The fourth-order valence-electron chi connectivity index (χ4n) is 0.723. The summed E-state index contributed by atoms with van der Waals surface area (Å²) in [7, 11) is -4.59. The molecule has 0 saturated carbocycles. The van der Waals surface area contributed by atoms with Crippen molar-refractivity contribution >= 4 is 46.2 Å². The molecule has 7 heteroatoms. The van der Waals surface area contributed by atoms with Gasteiger partial charge in [0.2, 0.25) is 0 Å². The molecule has 5 nitrogen and oxygen atoms in total. The predicted molar refractivity (Wildman–Crippen MR) is 58.8 cm³/mol. The molecule has 0 aromatic heterocycles. The second-order valence-electron chi connectivity index (χ2n) is 3.04. The Hall–Kier alpha value is -0.530. The Morgan fingerprint density at radius 3 is 1.88 bits per heavy atom. The van der Waals surface area contributed by atoms with Crippen LogP contribution in [-0.2, 0) is 14.9 Å². The van der Waals surface area contributed by atoms with Gasteiger partial charge < -0.3 is 0 Å². The predicted octanol–water partition coefficient (Wildman–Crippen LogP) is 0.416. The third kappa shape index (κ3) is 6.86. The summed E-state index contributed by atoms with van der Waals surface area (Å²) < 4.78 is 29.3. The van der Waals surface area contributed by atoms with Gasteiger partial charge >= 0.3 is 57.9 Å². The molecule has 0 radical (unpaired) electrons. The molecular weight excluding hydrogens is 243 g/mol. The third-order valence-corrected chi connectivity index (χ3v) is 1.95. The summed E-state index contributed by atoms with van der Waals surface area (Å²) in [6.45, 7) is 1.59. The molecule has 0 atom stereocenters. The van der Waals surface area contributed by atoms with Crippen LogP contribution in [-0.4, -0.2) is 49.0 Å². The van der Waals surface area contributed by atoms with Gasteiger partial charge in [0.1, 0.15) is 0 Å². The van der Waals surface area contributed by atoms with Crippen LogP contribution >= 0.6 is 0 Å². The second kappa shape index (κ2) is 6.93. The van der Waals surface area contributed by atoms with E-state index in [0.717, 1.165) is 0 Å². The van der Waals surface area contributed by atoms with Crippen LogP contribution in [0.25, 0.3) is 0 Å². The SMILES string of the molecule is C[C](=O)[Na].O=C(c1ccccc1)S(=O)(=O)O. The molecule has 0 unspecified atom stereocenters. The van der Waals surface area contributed by atoms with E-state index in [1.54, 1.807) is 13.0 Å². The molecule has 16 heavy (non-hydrogen) atoms. The van der Waals surface area contributed by atoms with Gasteiger partial charge in [-0.25, -0.2) is 0 Å². The summed E-state index contributed by atoms with van der Waals surface area (Å²) in [4.78, 5) is 20.3. The van der Waals surface area contributed by atoms with E-state index in [1.807, 2.05) is 0 Å². The van der Waals surface area contributed by atoms with Gasteiger partial charge in [-0.1, -0.05) is 30.3 Å². The van der Waals surface area contributed by atoms with Gasteiger partial charge in [-0.15, -0.1) is 0 Å². The van der Waals surface area contributed by atoms with Gasteiger partial charge in [0.15, 0.2) is 0 Å². The summed E-state index contributed by atoms with van der Waals surface area (Å²) >= 11 is 0.710. The smallest absolute Gasteiger partial charge is 0.279 e. The van der Waals surface area contributed by atoms with Gasteiger partial charge in [-0.2, -0.15) is 8.42 Å². The Morgan fingerprint density at radius 2 is 1.56 bits per heavy atom. The second-order valence-corrected chi connectivity index (χ2v) is 5.77. The molecule has 0 spiro atoms. The summed E-state index contributed by atoms with van der Waals surface area (Å²) in [5, 5.41) is -1.27. The summed E-state index contributed by atoms with van der Waals surface area (Å²) in [6, 6.07) is 7.30. The largest absolute Gasteiger partial charge is 0.333 e. The molecule has 82 valence electrons. The number of hydrogen-bond acceptors (Lipinski definition) is 4. The Bertz CT molecular complexity index is 462. The van der Waals surface area contributed by atoms with Gasteiger partial charge in [0.25, 0.3) is 0 Å². The van der Waals surface area contributed by atoms with E-state index in [9.17, 15) is 18.0 Å². The van der Waals surface area contributed by atoms with Crippen LogP contribution in [0.15, 0.2) is 30.3 Å². The molecule has 0 bridgehead atoms. The summed E-state index contributed by atoms with van der Waals surface area (Å²) in [5.74, 6) is 0. The fourth-order valence-corrected chi connectivity index (χ4v) is 1.16. The zero-order chi connectivity index (χ0) is 12.8. The minimum atomic E-state index is -4.59. The minimum Gasteiger partial charge on any atom is -0.279 e. The van der Waals surface area contributed by atoms with Gasteiger partial charge in [0, 0.05) is 5.56 Å². The monoisotopic (exact) mass is 252 g/mol. The Balaban J connectivity index is 0.000000487. The van der Waals surface area contributed by atoms with E-state index >= 15 is 0 Å². The minimum absolute atomic E-state index is 0.0417. The van der Waals surface area contributed by atoms with Crippen LogP contribution in [0.3, 0.4) is 0 Å². The van der Waals surface area contributed by atoms with E-state index in [1.165, 1.54) is 24.3 Å². The van der Waals surface area contributed by atoms with Crippen molar-refractivity contribution < 1.29 is 22.6 Å². The van der Waals surface area contributed by atoms with Gasteiger partial charge in [-0.3, -0.25) is 9.35 Å². The molecule has 0 aliphatic rings. The Kier molecular flexibility index (Phi) is 6.70. The summed E-state index contributed by atoms with van der Waals surface area (Å²) in [5.41, 5.74) is -0.0417. The number of hydrogen-bond donors (Lipinski definition) is 1. The number of carbonyl (C=O) groups excluding carboxylic acids is 2. The first-order valence-corrected chi connectivity index (χ1v) is 6.73. The van der Waals surface area contributed by atoms with Crippen LogP contribution < -0.4 is 0 Å². The standard InChI is InChI=1S/C7H6O4S.C2H3O.Na/c8-7(12(9,10)11)6-4-2-1-3-5-6;1-2-3;/h1-5H,(H,9,10,11);1H3;. The molecule has 0 fully saturated rings. The average Bonchev–Trinajstić information content (AvgIpc) is 2.16. The first-order valence-electron chi connectivity index (χ1n) is 4.29. The van der Waals surface area contributed by atoms with Crippen LogP contribution in [0.2, 0.25) is 0 Å². The maximum atomic E-state index is 10.8. The Labute approximate surface area is 111 Å². The maximum absolute atomic E-state index is 10.8. The van der Waals surface area contributed by atoms with Crippen LogP contribution in [0, 0.1) is 0 Å². The molecule has 1 N–H and O–H groups in total. The number of carbonyl (C=O) groups is 2.